The van der Waals surface area contributed by atoms with Gasteiger partial charge in [-0.05, 0) is 55.0 Å². The first-order valence-electron chi connectivity index (χ1n) is 9.69. The highest BCUT2D eigenvalue weighted by Gasteiger charge is 2.16. The molecule has 1 amide bonds. The van der Waals surface area contributed by atoms with E-state index in [2.05, 4.69) is 17.2 Å². The molecule has 2 heterocycles. The SMILES string of the molecule is CCCOc1ccc(-c2csc(NC(=O)c3cc4cc(OC)ccc4oc3=O)n2)cc1. The number of thiazole rings is 1. The molecule has 0 spiro atoms. The van der Waals surface area contributed by atoms with Crippen molar-refractivity contribution in [1.82, 2.24) is 4.98 Å². The van der Waals surface area contributed by atoms with Crippen molar-refractivity contribution in [1.29, 1.82) is 0 Å². The van der Waals surface area contributed by atoms with Gasteiger partial charge in [0.2, 0.25) is 0 Å². The van der Waals surface area contributed by atoms with Gasteiger partial charge in [-0.1, -0.05) is 6.92 Å². The maximum Gasteiger partial charge on any atom is 0.349 e. The number of ether oxygens (including phenoxy) is 2. The smallest absolute Gasteiger partial charge is 0.349 e. The van der Waals surface area contributed by atoms with Gasteiger partial charge in [0.15, 0.2) is 5.13 Å². The lowest BCUT2D eigenvalue weighted by Gasteiger charge is -2.05. The second-order valence-electron chi connectivity index (χ2n) is 6.72. The topological polar surface area (TPSA) is 90.7 Å². The van der Waals surface area contributed by atoms with Gasteiger partial charge in [0.1, 0.15) is 22.6 Å². The Morgan fingerprint density at radius 2 is 1.90 bits per heavy atom. The number of nitrogens with zero attached hydrogens (tertiary/aromatic N) is 1. The predicted molar refractivity (Wildman–Crippen MR) is 120 cm³/mol. The lowest BCUT2D eigenvalue weighted by Crippen LogP contribution is -2.20. The zero-order valence-corrected chi connectivity index (χ0v) is 17.8. The van der Waals surface area contributed by atoms with Crippen molar-refractivity contribution >= 4 is 33.3 Å². The summed E-state index contributed by atoms with van der Waals surface area (Å²) in [6.07, 6.45) is 0.944. The van der Waals surface area contributed by atoms with E-state index in [1.807, 2.05) is 29.6 Å². The third kappa shape index (κ3) is 4.59. The van der Waals surface area contributed by atoms with E-state index in [1.165, 1.54) is 17.4 Å². The van der Waals surface area contributed by atoms with Gasteiger partial charge >= 0.3 is 5.63 Å². The fourth-order valence-corrected chi connectivity index (χ4v) is 3.67. The summed E-state index contributed by atoms with van der Waals surface area (Å²) in [5, 5.41) is 5.49. The van der Waals surface area contributed by atoms with Crippen molar-refractivity contribution < 1.29 is 18.7 Å². The largest absolute Gasteiger partial charge is 0.497 e. The van der Waals surface area contributed by atoms with Crippen molar-refractivity contribution in [3.63, 3.8) is 0 Å². The van der Waals surface area contributed by atoms with Crippen LogP contribution in [0.2, 0.25) is 0 Å². The van der Waals surface area contributed by atoms with Crippen LogP contribution in [0.15, 0.2) is 63.1 Å². The third-order valence-corrected chi connectivity index (χ3v) is 5.29. The van der Waals surface area contributed by atoms with E-state index in [9.17, 15) is 9.59 Å². The average molecular weight is 436 g/mol. The van der Waals surface area contributed by atoms with E-state index >= 15 is 0 Å². The van der Waals surface area contributed by atoms with Crippen LogP contribution in [0, 0.1) is 0 Å². The summed E-state index contributed by atoms with van der Waals surface area (Å²) in [7, 11) is 1.54. The van der Waals surface area contributed by atoms with Gasteiger partial charge < -0.3 is 13.9 Å². The minimum absolute atomic E-state index is 0.102. The van der Waals surface area contributed by atoms with E-state index in [0.29, 0.717) is 28.5 Å². The number of rotatable bonds is 7. The molecule has 0 saturated carbocycles. The van der Waals surface area contributed by atoms with Gasteiger partial charge in [0, 0.05) is 16.3 Å². The molecule has 4 rings (SSSR count). The van der Waals surface area contributed by atoms with Crippen LogP contribution in [-0.4, -0.2) is 24.6 Å². The molecule has 8 heteroatoms. The van der Waals surface area contributed by atoms with E-state index in [1.54, 1.807) is 25.3 Å². The number of amides is 1. The van der Waals surface area contributed by atoms with Crippen molar-refractivity contribution in [2.24, 2.45) is 0 Å². The highest BCUT2D eigenvalue weighted by Crippen LogP contribution is 2.27. The molecule has 0 aliphatic heterocycles. The Morgan fingerprint density at radius 1 is 1.13 bits per heavy atom. The zero-order chi connectivity index (χ0) is 21.8. The number of aromatic nitrogens is 1. The molecule has 0 bridgehead atoms. The Morgan fingerprint density at radius 3 is 2.65 bits per heavy atom. The second kappa shape index (κ2) is 9.01. The van der Waals surface area contributed by atoms with E-state index in [-0.39, 0.29) is 5.56 Å². The highest BCUT2D eigenvalue weighted by atomic mass is 32.1. The highest BCUT2D eigenvalue weighted by molar-refractivity contribution is 7.14. The molecule has 0 fully saturated rings. The van der Waals surface area contributed by atoms with Gasteiger partial charge in [0.05, 0.1) is 19.4 Å². The van der Waals surface area contributed by atoms with Gasteiger partial charge in [-0.15, -0.1) is 11.3 Å². The Kier molecular flexibility index (Phi) is 5.99. The molecule has 0 aliphatic carbocycles. The molecule has 2 aromatic heterocycles. The molecule has 0 aliphatic rings. The third-order valence-electron chi connectivity index (χ3n) is 4.53. The monoisotopic (exact) mass is 436 g/mol. The molecule has 0 saturated heterocycles. The summed E-state index contributed by atoms with van der Waals surface area (Å²) in [5.41, 5.74) is 1.19. The molecule has 4 aromatic rings. The van der Waals surface area contributed by atoms with Gasteiger partial charge in [-0.2, -0.15) is 0 Å². The van der Waals surface area contributed by atoms with Crippen molar-refractivity contribution in [2.45, 2.75) is 13.3 Å². The van der Waals surface area contributed by atoms with Gasteiger partial charge in [-0.3, -0.25) is 10.1 Å². The number of anilines is 1. The minimum Gasteiger partial charge on any atom is -0.497 e. The fourth-order valence-electron chi connectivity index (χ4n) is 2.96. The number of nitrogens with one attached hydrogen (secondary N) is 1. The lowest BCUT2D eigenvalue weighted by molar-refractivity contribution is 0.102. The van der Waals surface area contributed by atoms with Crippen LogP contribution in [0.4, 0.5) is 5.13 Å². The molecule has 0 unspecified atom stereocenters. The zero-order valence-electron chi connectivity index (χ0n) is 17.0. The number of hydrogen-bond acceptors (Lipinski definition) is 7. The average Bonchev–Trinajstić information content (AvgIpc) is 3.25. The normalized spacial score (nSPS) is 10.8. The predicted octanol–water partition coefficient (Wildman–Crippen LogP) is 4.97. The molecule has 1 N–H and O–H groups in total. The van der Waals surface area contributed by atoms with E-state index in [4.69, 9.17) is 13.9 Å². The number of methoxy groups -OCH3 is 1. The molecule has 31 heavy (non-hydrogen) atoms. The Labute approximate surface area is 182 Å². The molecule has 7 nitrogen and oxygen atoms in total. The van der Waals surface area contributed by atoms with Crippen LogP contribution in [0.5, 0.6) is 11.5 Å². The van der Waals surface area contributed by atoms with Crippen LogP contribution < -0.4 is 20.4 Å². The summed E-state index contributed by atoms with van der Waals surface area (Å²) in [6, 6.07) is 14.1. The summed E-state index contributed by atoms with van der Waals surface area (Å²) in [5.74, 6) is 0.820. The molecule has 0 atom stereocenters. The van der Waals surface area contributed by atoms with E-state index in [0.717, 1.165) is 23.4 Å². The van der Waals surface area contributed by atoms with E-state index < -0.39 is 11.5 Å². The summed E-state index contributed by atoms with van der Waals surface area (Å²) < 4.78 is 16.0. The Bertz CT molecular complexity index is 1280. The number of carbonyl (C=O) groups excluding carboxylic acids is 1. The number of benzene rings is 2. The first-order chi connectivity index (χ1) is 15.1. The van der Waals surface area contributed by atoms with Crippen molar-refractivity contribution in [3.05, 3.63) is 69.9 Å². The first-order valence-corrected chi connectivity index (χ1v) is 10.6. The van der Waals surface area contributed by atoms with Crippen LogP contribution in [0.25, 0.3) is 22.2 Å². The van der Waals surface area contributed by atoms with Crippen LogP contribution in [0.3, 0.4) is 0 Å². The minimum atomic E-state index is -0.713. The van der Waals surface area contributed by atoms with Crippen molar-refractivity contribution in [2.75, 3.05) is 19.0 Å². The quantitative estimate of drug-likeness (QED) is 0.412. The van der Waals surface area contributed by atoms with Crippen LogP contribution in [0.1, 0.15) is 23.7 Å². The molecular weight excluding hydrogens is 416 g/mol. The molecular formula is C23H20N2O5S. The second-order valence-corrected chi connectivity index (χ2v) is 7.57. The summed E-state index contributed by atoms with van der Waals surface area (Å²) in [6.45, 7) is 2.72. The lowest BCUT2D eigenvalue weighted by atomic mass is 10.1. The summed E-state index contributed by atoms with van der Waals surface area (Å²) >= 11 is 1.27. The molecule has 158 valence electrons. The Hall–Kier alpha value is -3.65. The molecule has 0 radical (unpaired) electrons. The Balaban J connectivity index is 1.52. The maximum absolute atomic E-state index is 12.7. The van der Waals surface area contributed by atoms with Crippen LogP contribution >= 0.6 is 11.3 Å². The standard InChI is InChI=1S/C23H20N2O5S/c1-3-10-29-16-6-4-14(5-7-16)19-13-31-23(24-19)25-21(26)18-12-15-11-17(28-2)8-9-20(15)30-22(18)27/h4-9,11-13H,3,10H2,1-2H3,(H,24,25,26). The number of carbonyl (C=O) groups is 1. The number of fused-ring (bicyclic) bond motifs is 1. The van der Waals surface area contributed by atoms with Gasteiger partial charge in [-0.25, -0.2) is 9.78 Å². The maximum atomic E-state index is 12.7. The first kappa shape index (κ1) is 20.6. The van der Waals surface area contributed by atoms with Crippen molar-refractivity contribution in [3.8, 4) is 22.8 Å². The molecule has 2 aromatic carbocycles. The number of hydrogen-bond donors (Lipinski definition) is 1. The fraction of sp³-hybridized carbons (Fsp3) is 0.174. The van der Waals surface area contributed by atoms with Crippen LogP contribution in [-0.2, 0) is 0 Å². The van der Waals surface area contributed by atoms with Gasteiger partial charge in [0.25, 0.3) is 5.91 Å². The summed E-state index contributed by atoms with van der Waals surface area (Å²) in [4.78, 5) is 29.4.